The van der Waals surface area contributed by atoms with Crippen LogP contribution in [0.15, 0.2) is 53.3 Å². The van der Waals surface area contributed by atoms with Crippen molar-refractivity contribution in [3.63, 3.8) is 0 Å². The lowest BCUT2D eigenvalue weighted by Crippen LogP contribution is -2.14. The molecular formula is C17H17N5O2. The molecule has 24 heavy (non-hydrogen) atoms. The molecule has 0 saturated heterocycles. The Kier molecular flexibility index (Phi) is 4.15. The van der Waals surface area contributed by atoms with E-state index in [1.807, 2.05) is 43.3 Å². The van der Waals surface area contributed by atoms with E-state index < -0.39 is 0 Å². The molecule has 3 aromatic rings. The number of anilines is 3. The quantitative estimate of drug-likeness (QED) is 0.766. The van der Waals surface area contributed by atoms with Gasteiger partial charge in [0, 0.05) is 43.4 Å². The minimum Gasteiger partial charge on any atom is -0.378 e. The highest BCUT2D eigenvalue weighted by molar-refractivity contribution is 6.10. The zero-order valence-electron chi connectivity index (χ0n) is 13.4. The molecule has 0 atom stereocenters. The van der Waals surface area contributed by atoms with Crippen LogP contribution in [0.25, 0.3) is 11.3 Å². The third-order valence-corrected chi connectivity index (χ3v) is 3.52. The number of hydrogen-bond acceptors (Lipinski definition) is 6. The molecule has 3 rings (SSSR count). The van der Waals surface area contributed by atoms with Gasteiger partial charge in [-0.05, 0) is 36.4 Å². The number of carbonyl (C=O) groups excluding carboxylic acids is 1. The van der Waals surface area contributed by atoms with E-state index in [0.29, 0.717) is 16.9 Å². The molecule has 2 aromatic heterocycles. The Labute approximate surface area is 139 Å². The fraction of sp³-hybridized carbons (Fsp3) is 0.118. The summed E-state index contributed by atoms with van der Waals surface area (Å²) in [6, 6.07) is 11.0. The van der Waals surface area contributed by atoms with Gasteiger partial charge in [0.15, 0.2) is 0 Å². The molecule has 0 radical (unpaired) electrons. The molecule has 0 saturated carbocycles. The van der Waals surface area contributed by atoms with Crippen molar-refractivity contribution >= 4 is 23.2 Å². The average Bonchev–Trinajstić information content (AvgIpc) is 2.98. The van der Waals surface area contributed by atoms with Crippen LogP contribution in [0.3, 0.4) is 0 Å². The van der Waals surface area contributed by atoms with Crippen molar-refractivity contribution in [2.75, 3.05) is 30.0 Å². The van der Waals surface area contributed by atoms with Gasteiger partial charge in [0.2, 0.25) is 5.88 Å². The number of pyridine rings is 1. The molecule has 1 amide bonds. The van der Waals surface area contributed by atoms with Gasteiger partial charge in [-0.1, -0.05) is 5.16 Å². The Morgan fingerprint density at radius 2 is 1.96 bits per heavy atom. The van der Waals surface area contributed by atoms with Crippen molar-refractivity contribution in [3.8, 4) is 11.3 Å². The molecule has 7 heteroatoms. The molecule has 0 spiro atoms. The predicted molar refractivity (Wildman–Crippen MR) is 92.9 cm³/mol. The zero-order valence-corrected chi connectivity index (χ0v) is 13.4. The summed E-state index contributed by atoms with van der Waals surface area (Å²) in [5.74, 6) is -0.415. The smallest absolute Gasteiger partial charge is 0.263 e. The Hall–Kier alpha value is -3.35. The monoisotopic (exact) mass is 323 g/mol. The van der Waals surface area contributed by atoms with Gasteiger partial charge in [-0.3, -0.25) is 9.78 Å². The lowest BCUT2D eigenvalue weighted by Gasteiger charge is -2.13. The second-order valence-corrected chi connectivity index (χ2v) is 5.41. The number of amides is 1. The number of aromatic nitrogens is 2. The van der Waals surface area contributed by atoms with E-state index in [0.717, 1.165) is 5.69 Å². The van der Waals surface area contributed by atoms with Gasteiger partial charge in [-0.15, -0.1) is 0 Å². The summed E-state index contributed by atoms with van der Waals surface area (Å²) in [6.07, 6.45) is 3.24. The van der Waals surface area contributed by atoms with Crippen molar-refractivity contribution in [2.24, 2.45) is 0 Å². The van der Waals surface area contributed by atoms with Crippen LogP contribution in [0.1, 0.15) is 10.4 Å². The van der Waals surface area contributed by atoms with Crippen LogP contribution in [-0.4, -0.2) is 30.1 Å². The number of nitrogens with one attached hydrogen (secondary N) is 1. The number of hydrogen-bond donors (Lipinski definition) is 2. The van der Waals surface area contributed by atoms with Crippen molar-refractivity contribution in [2.45, 2.75) is 0 Å². The van der Waals surface area contributed by atoms with E-state index in [1.54, 1.807) is 24.5 Å². The topological polar surface area (TPSA) is 97.3 Å². The van der Waals surface area contributed by atoms with Gasteiger partial charge in [-0.25, -0.2) is 0 Å². The van der Waals surface area contributed by atoms with Crippen molar-refractivity contribution in [1.82, 2.24) is 10.1 Å². The maximum atomic E-state index is 12.6. The standard InChI is InChI=1S/C17H17N5O2/c1-22(2)13-7-5-12(6-8-13)20-17(23)14-15(21-24-16(14)18)11-4-3-9-19-10-11/h3-10H,18H2,1-2H3,(H,20,23). The first-order valence-electron chi connectivity index (χ1n) is 7.30. The highest BCUT2D eigenvalue weighted by atomic mass is 16.5. The lowest BCUT2D eigenvalue weighted by atomic mass is 10.1. The van der Waals surface area contributed by atoms with Gasteiger partial charge < -0.3 is 20.5 Å². The first kappa shape index (κ1) is 15.5. The van der Waals surface area contributed by atoms with Gasteiger partial charge >= 0.3 is 0 Å². The van der Waals surface area contributed by atoms with E-state index in [4.69, 9.17) is 10.3 Å². The van der Waals surface area contributed by atoms with E-state index in [9.17, 15) is 4.79 Å². The first-order chi connectivity index (χ1) is 11.6. The number of nitrogens with two attached hydrogens (primary N) is 1. The lowest BCUT2D eigenvalue weighted by molar-refractivity contribution is 0.102. The molecule has 0 fully saturated rings. The van der Waals surface area contributed by atoms with Gasteiger partial charge in [-0.2, -0.15) is 0 Å². The largest absolute Gasteiger partial charge is 0.378 e. The molecular weight excluding hydrogens is 306 g/mol. The minimum absolute atomic E-state index is 0.0312. The van der Waals surface area contributed by atoms with Crippen LogP contribution in [0.2, 0.25) is 0 Å². The Balaban J connectivity index is 1.87. The van der Waals surface area contributed by atoms with Crippen LogP contribution in [-0.2, 0) is 0 Å². The molecule has 122 valence electrons. The maximum absolute atomic E-state index is 12.6. The van der Waals surface area contributed by atoms with Crippen molar-refractivity contribution < 1.29 is 9.32 Å². The fourth-order valence-corrected chi connectivity index (χ4v) is 2.26. The number of rotatable bonds is 4. The van der Waals surface area contributed by atoms with E-state index in [-0.39, 0.29) is 17.4 Å². The molecule has 0 aliphatic rings. The Bertz CT molecular complexity index is 841. The summed E-state index contributed by atoms with van der Waals surface area (Å²) in [4.78, 5) is 18.6. The number of carbonyl (C=O) groups is 1. The van der Waals surface area contributed by atoms with Crippen molar-refractivity contribution in [3.05, 3.63) is 54.4 Å². The molecule has 7 nitrogen and oxygen atoms in total. The van der Waals surface area contributed by atoms with Crippen LogP contribution >= 0.6 is 0 Å². The molecule has 0 aliphatic heterocycles. The van der Waals surface area contributed by atoms with Crippen LogP contribution in [0.5, 0.6) is 0 Å². The zero-order chi connectivity index (χ0) is 17.1. The highest BCUT2D eigenvalue weighted by Gasteiger charge is 2.22. The van der Waals surface area contributed by atoms with Crippen LogP contribution in [0.4, 0.5) is 17.3 Å². The van der Waals surface area contributed by atoms with Crippen molar-refractivity contribution in [1.29, 1.82) is 0 Å². The summed E-state index contributed by atoms with van der Waals surface area (Å²) in [7, 11) is 3.90. The second kappa shape index (κ2) is 6.41. The van der Waals surface area contributed by atoms with E-state index >= 15 is 0 Å². The molecule has 0 bridgehead atoms. The summed E-state index contributed by atoms with van der Waals surface area (Å²) in [5.41, 5.74) is 8.69. The van der Waals surface area contributed by atoms with Gasteiger partial charge in [0.1, 0.15) is 11.3 Å². The molecule has 3 N–H and O–H groups in total. The van der Waals surface area contributed by atoms with Crippen LogP contribution < -0.4 is 16.0 Å². The number of nitrogen functional groups attached to an aromatic ring is 1. The third kappa shape index (κ3) is 3.05. The molecule has 0 unspecified atom stereocenters. The molecule has 1 aromatic carbocycles. The Morgan fingerprint density at radius 3 is 2.58 bits per heavy atom. The average molecular weight is 323 g/mol. The third-order valence-electron chi connectivity index (χ3n) is 3.52. The number of benzene rings is 1. The van der Waals surface area contributed by atoms with Crippen LogP contribution in [0, 0.1) is 0 Å². The Morgan fingerprint density at radius 1 is 1.21 bits per heavy atom. The molecule has 0 aliphatic carbocycles. The number of nitrogens with zero attached hydrogens (tertiary/aromatic N) is 3. The SMILES string of the molecule is CN(C)c1ccc(NC(=O)c2c(-c3cccnc3)noc2N)cc1. The van der Waals surface area contributed by atoms with E-state index in [2.05, 4.69) is 15.5 Å². The highest BCUT2D eigenvalue weighted by Crippen LogP contribution is 2.27. The minimum atomic E-state index is -0.384. The summed E-state index contributed by atoms with van der Waals surface area (Å²) < 4.78 is 4.99. The predicted octanol–water partition coefficient (Wildman–Crippen LogP) is 2.64. The normalized spacial score (nSPS) is 10.4. The first-order valence-corrected chi connectivity index (χ1v) is 7.30. The van der Waals surface area contributed by atoms with E-state index in [1.165, 1.54) is 0 Å². The molecule has 2 heterocycles. The van der Waals surface area contributed by atoms with Gasteiger partial charge in [0.25, 0.3) is 5.91 Å². The fourth-order valence-electron chi connectivity index (χ4n) is 2.26. The summed E-state index contributed by atoms with van der Waals surface area (Å²) >= 11 is 0. The second-order valence-electron chi connectivity index (χ2n) is 5.41. The van der Waals surface area contributed by atoms with Gasteiger partial charge in [0.05, 0.1) is 0 Å². The summed E-state index contributed by atoms with van der Waals surface area (Å²) in [5, 5.41) is 6.68. The maximum Gasteiger partial charge on any atom is 0.263 e. The summed E-state index contributed by atoms with van der Waals surface area (Å²) in [6.45, 7) is 0.